The maximum atomic E-state index is 12.3. The molecule has 0 fully saturated rings. The monoisotopic (exact) mass is 695 g/mol. The van der Waals surface area contributed by atoms with Crippen molar-refractivity contribution in [2.24, 2.45) is 0 Å². The second-order valence-electron chi connectivity index (χ2n) is 14.1. The van der Waals surface area contributed by atoms with Gasteiger partial charge in [-0.25, -0.2) is 0 Å². The highest BCUT2D eigenvalue weighted by molar-refractivity contribution is 8.00. The van der Waals surface area contributed by atoms with Crippen molar-refractivity contribution in [1.82, 2.24) is 0 Å². The van der Waals surface area contributed by atoms with Gasteiger partial charge in [-0.1, -0.05) is 131 Å². The molecule has 0 aromatic rings. The molecule has 2 atom stereocenters. The van der Waals surface area contributed by atoms with Gasteiger partial charge >= 0.3 is 20.2 Å². The van der Waals surface area contributed by atoms with Crippen LogP contribution in [0.3, 0.4) is 0 Å². The summed E-state index contributed by atoms with van der Waals surface area (Å²) >= 11 is 4.08. The van der Waals surface area contributed by atoms with E-state index in [1.165, 1.54) is 88.6 Å². The van der Waals surface area contributed by atoms with Crippen molar-refractivity contribution in [2.45, 2.75) is 186 Å². The summed E-state index contributed by atoms with van der Waals surface area (Å²) in [6.45, 7) is 13.2. The van der Waals surface area contributed by atoms with Crippen molar-refractivity contribution < 1.29 is 33.0 Å². The zero-order valence-electron chi connectivity index (χ0n) is 29.7. The van der Waals surface area contributed by atoms with Gasteiger partial charge in [0.15, 0.2) is 6.10 Å². The number of carbonyl (C=O) groups is 2. The minimum Gasteiger partial charge on any atom is -0.462 e. The smallest absolute Gasteiger partial charge is 0.462 e. The standard InChI is InChI=1S/C35H67O7PS2/c1-34(2,3)44-27-23-19-15-11-7-9-13-17-21-25-32(36)40-29-31(30-41-43(38)39)42-33(37)26-22-18-14-10-8-12-16-20-24-28-45-35(4,5)6/h31H,7-30H2,1-6H3/p+1/t31-/m1/s1. The van der Waals surface area contributed by atoms with Crippen molar-refractivity contribution >= 4 is 43.7 Å². The molecule has 0 aliphatic rings. The van der Waals surface area contributed by atoms with E-state index >= 15 is 0 Å². The lowest BCUT2D eigenvalue weighted by Gasteiger charge is -2.17. The van der Waals surface area contributed by atoms with Crippen LogP contribution in [0.1, 0.15) is 170 Å². The molecule has 0 aromatic carbocycles. The summed E-state index contributed by atoms with van der Waals surface area (Å²) in [5.41, 5.74) is 0. The van der Waals surface area contributed by atoms with Gasteiger partial charge in [0.25, 0.3) is 0 Å². The van der Waals surface area contributed by atoms with Crippen LogP contribution in [0.4, 0.5) is 0 Å². The lowest BCUT2D eigenvalue weighted by Crippen LogP contribution is -2.29. The molecule has 10 heteroatoms. The quantitative estimate of drug-likeness (QED) is 0.0447. The highest BCUT2D eigenvalue weighted by Crippen LogP contribution is 2.25. The molecule has 0 rings (SSSR count). The van der Waals surface area contributed by atoms with E-state index in [1.807, 2.05) is 23.5 Å². The Labute approximate surface area is 286 Å². The summed E-state index contributed by atoms with van der Waals surface area (Å²) in [6, 6.07) is 0. The number of unbranched alkanes of at least 4 members (excludes halogenated alkanes) is 16. The van der Waals surface area contributed by atoms with Crippen molar-refractivity contribution in [2.75, 3.05) is 24.7 Å². The van der Waals surface area contributed by atoms with Crippen LogP contribution in [-0.2, 0) is 28.2 Å². The highest BCUT2D eigenvalue weighted by atomic mass is 32.2. The fourth-order valence-electron chi connectivity index (χ4n) is 4.74. The van der Waals surface area contributed by atoms with Crippen LogP contribution >= 0.6 is 31.8 Å². The van der Waals surface area contributed by atoms with E-state index in [9.17, 15) is 14.2 Å². The lowest BCUT2D eigenvalue weighted by molar-refractivity contribution is -0.161. The molecule has 0 saturated heterocycles. The van der Waals surface area contributed by atoms with Gasteiger partial charge in [-0.15, -0.1) is 9.42 Å². The van der Waals surface area contributed by atoms with Gasteiger partial charge < -0.3 is 9.47 Å². The van der Waals surface area contributed by atoms with Crippen LogP contribution in [0.25, 0.3) is 0 Å². The van der Waals surface area contributed by atoms with E-state index < -0.39 is 20.3 Å². The topological polar surface area (TPSA) is 99.1 Å². The maximum Gasteiger partial charge on any atom is 0.694 e. The minimum absolute atomic E-state index is 0.170. The number of thioether (sulfide) groups is 2. The molecule has 0 bridgehead atoms. The molecule has 1 N–H and O–H groups in total. The van der Waals surface area contributed by atoms with Gasteiger partial charge in [-0.2, -0.15) is 23.5 Å². The SMILES string of the molecule is CC(C)(C)SCCCCCCCCCCCC(=O)OC[C@H](CO[P+](=O)O)OC(=O)CCCCCCCCCCCSC(C)(C)C. The van der Waals surface area contributed by atoms with Crippen molar-refractivity contribution in [3.05, 3.63) is 0 Å². The Morgan fingerprint density at radius 1 is 0.578 bits per heavy atom. The second kappa shape index (κ2) is 28.7. The summed E-state index contributed by atoms with van der Waals surface area (Å²) in [4.78, 5) is 33.5. The van der Waals surface area contributed by atoms with E-state index in [-0.39, 0.29) is 25.6 Å². The number of ether oxygens (including phenoxy) is 2. The van der Waals surface area contributed by atoms with E-state index in [4.69, 9.17) is 18.9 Å². The Morgan fingerprint density at radius 2 is 0.933 bits per heavy atom. The van der Waals surface area contributed by atoms with Gasteiger partial charge in [0, 0.05) is 26.9 Å². The average molecular weight is 696 g/mol. The Bertz CT molecular complexity index is 753. The van der Waals surface area contributed by atoms with E-state index in [0.29, 0.717) is 15.9 Å². The Morgan fingerprint density at radius 3 is 1.31 bits per heavy atom. The Kier molecular flexibility index (Phi) is 28.4. The largest absolute Gasteiger partial charge is 0.694 e. The normalized spacial score (nSPS) is 13.1. The first-order valence-electron chi connectivity index (χ1n) is 17.7. The van der Waals surface area contributed by atoms with Gasteiger partial charge in [-0.05, 0) is 37.2 Å². The summed E-state index contributed by atoms with van der Waals surface area (Å²) in [5.74, 6) is 1.74. The highest BCUT2D eigenvalue weighted by Gasteiger charge is 2.23. The molecule has 0 aliphatic carbocycles. The Hall–Kier alpha value is -0.340. The van der Waals surface area contributed by atoms with Crippen molar-refractivity contribution in [3.8, 4) is 0 Å². The van der Waals surface area contributed by atoms with E-state index in [2.05, 4.69) is 41.5 Å². The Balaban J connectivity index is 3.87. The van der Waals surface area contributed by atoms with Crippen LogP contribution in [0.15, 0.2) is 0 Å². The fourth-order valence-corrected chi connectivity index (χ4v) is 6.96. The fraction of sp³-hybridized carbons (Fsp3) is 0.943. The molecule has 0 heterocycles. The molecule has 7 nitrogen and oxygen atoms in total. The molecule has 0 radical (unpaired) electrons. The summed E-state index contributed by atoms with van der Waals surface area (Å²) in [7, 11) is -2.83. The number of hydrogen-bond acceptors (Lipinski definition) is 8. The van der Waals surface area contributed by atoms with Crippen LogP contribution in [0, 0.1) is 0 Å². The summed E-state index contributed by atoms with van der Waals surface area (Å²) in [5, 5.41) is 0. The third-order valence-electron chi connectivity index (χ3n) is 7.22. The maximum absolute atomic E-state index is 12.3. The molecule has 1 unspecified atom stereocenters. The molecule has 45 heavy (non-hydrogen) atoms. The molecule has 0 amide bonds. The number of hydrogen-bond donors (Lipinski definition) is 1. The van der Waals surface area contributed by atoms with Crippen molar-refractivity contribution in [3.63, 3.8) is 0 Å². The molecular formula is C35H68O7PS2+. The number of esters is 2. The summed E-state index contributed by atoms with van der Waals surface area (Å²) < 4.78 is 27.2. The predicted octanol–water partition coefficient (Wildman–Crippen LogP) is 11.0. The zero-order chi connectivity index (χ0) is 33.8. The molecule has 0 spiro atoms. The lowest BCUT2D eigenvalue weighted by atomic mass is 10.1. The average Bonchev–Trinajstić information content (AvgIpc) is 2.94. The molecule has 0 aliphatic heterocycles. The van der Waals surface area contributed by atoms with Crippen LogP contribution in [0.5, 0.6) is 0 Å². The van der Waals surface area contributed by atoms with Crippen LogP contribution in [0.2, 0.25) is 0 Å². The first-order valence-corrected chi connectivity index (χ1v) is 20.8. The van der Waals surface area contributed by atoms with E-state index in [1.54, 1.807) is 0 Å². The van der Waals surface area contributed by atoms with Crippen LogP contribution < -0.4 is 0 Å². The first-order chi connectivity index (χ1) is 21.3. The predicted molar refractivity (Wildman–Crippen MR) is 193 cm³/mol. The number of rotatable bonds is 30. The third kappa shape index (κ3) is 36.3. The summed E-state index contributed by atoms with van der Waals surface area (Å²) in [6.07, 6.45) is 20.6. The van der Waals surface area contributed by atoms with Gasteiger partial charge in [0.05, 0.1) is 0 Å². The molecular weight excluding hydrogens is 627 g/mol. The zero-order valence-corrected chi connectivity index (χ0v) is 32.2. The number of carbonyl (C=O) groups excluding carboxylic acids is 2. The van der Waals surface area contributed by atoms with Gasteiger partial charge in [0.1, 0.15) is 13.2 Å². The van der Waals surface area contributed by atoms with E-state index in [0.717, 1.165) is 38.5 Å². The molecule has 0 aromatic heterocycles. The molecule has 266 valence electrons. The molecule has 0 saturated carbocycles. The first kappa shape index (κ1) is 44.7. The van der Waals surface area contributed by atoms with Gasteiger partial charge in [-0.3, -0.25) is 9.59 Å². The third-order valence-corrected chi connectivity index (χ3v) is 10.3. The second-order valence-corrected chi connectivity index (χ2v) is 18.7. The van der Waals surface area contributed by atoms with Crippen LogP contribution in [-0.4, -0.2) is 57.1 Å². The van der Waals surface area contributed by atoms with Crippen molar-refractivity contribution in [1.29, 1.82) is 0 Å². The van der Waals surface area contributed by atoms with Gasteiger partial charge in [0.2, 0.25) is 0 Å². The minimum atomic E-state index is -2.83.